The van der Waals surface area contributed by atoms with Gasteiger partial charge in [0.25, 0.3) is 0 Å². The molecule has 18 rings (SSSR count). The lowest BCUT2D eigenvalue weighted by Gasteiger charge is -2.29. The molecule has 0 fully saturated rings. The fourth-order valence-electron chi connectivity index (χ4n) is 13.5. The van der Waals surface area contributed by atoms with Crippen molar-refractivity contribution in [2.75, 3.05) is 0 Å². The summed E-state index contributed by atoms with van der Waals surface area (Å²) in [6.07, 6.45) is 0. The van der Waals surface area contributed by atoms with E-state index in [9.17, 15) is 0 Å². The van der Waals surface area contributed by atoms with E-state index in [4.69, 9.17) is 24.4 Å². The quantitative estimate of drug-likeness (QED) is 0.151. The van der Waals surface area contributed by atoms with Crippen LogP contribution in [0.15, 0.2) is 283 Å². The minimum Gasteiger partial charge on any atom is -0.436 e. The largest absolute Gasteiger partial charge is 0.436 e. The third kappa shape index (κ3) is 6.92. The van der Waals surface area contributed by atoms with Crippen LogP contribution in [-0.2, 0) is 0 Å². The normalized spacial score (nSPS) is 12.0. The molecule has 0 N–H and O–H groups in total. The van der Waals surface area contributed by atoms with Gasteiger partial charge < -0.3 is 22.7 Å². The van der Waals surface area contributed by atoms with Crippen molar-refractivity contribution in [3.8, 4) is 68.4 Å². The summed E-state index contributed by atoms with van der Waals surface area (Å²) in [6.45, 7) is 0. The predicted molar refractivity (Wildman–Crippen MR) is 346 cm³/mol. The Morgan fingerprint density at radius 2 is 0.482 bits per heavy atom. The summed E-state index contributed by atoms with van der Waals surface area (Å²) in [7, 11) is 0. The highest BCUT2D eigenvalue weighted by atomic mass is 16.3. The molecule has 85 heavy (non-hydrogen) atoms. The molecule has 0 amide bonds. The van der Waals surface area contributed by atoms with E-state index < -0.39 is 0 Å². The molecule has 12 aromatic carbocycles. The lowest BCUT2D eigenvalue weighted by atomic mass is 9.96. The average molecular weight is 1090 g/mol. The average Bonchev–Trinajstić information content (AvgIpc) is 1.68. The molecule has 0 saturated heterocycles. The van der Waals surface area contributed by atoms with E-state index in [1.807, 2.05) is 60.7 Å². The van der Waals surface area contributed by atoms with Crippen LogP contribution >= 0.6 is 0 Å². The second-order valence-corrected chi connectivity index (χ2v) is 21.6. The Kier molecular flexibility index (Phi) is 10.2. The minimum atomic E-state index is 0.441. The maximum Gasteiger partial charge on any atom is 0.231 e. The molecule has 0 saturated carbocycles. The number of oxazole rings is 1. The van der Waals surface area contributed by atoms with Crippen LogP contribution in [0.4, 0.5) is 0 Å². The van der Waals surface area contributed by atoms with Crippen LogP contribution in [0.2, 0.25) is 0 Å². The Morgan fingerprint density at radius 1 is 0.224 bits per heavy atom. The van der Waals surface area contributed by atoms with Gasteiger partial charge in [-0.15, -0.1) is 0 Å². The van der Waals surface area contributed by atoms with E-state index in [-0.39, 0.29) is 0 Å². The van der Waals surface area contributed by atoms with Crippen LogP contribution in [0, 0.1) is 0 Å². The third-order valence-electron chi connectivity index (χ3n) is 17.0. The predicted octanol–water partition coefficient (Wildman–Crippen LogP) is 19.1. The summed E-state index contributed by atoms with van der Waals surface area (Å²) in [5, 5.41) is 8.76. The molecule has 9 nitrogen and oxygen atoms in total. The van der Waals surface area contributed by atoms with E-state index in [2.05, 4.69) is 237 Å². The van der Waals surface area contributed by atoms with Gasteiger partial charge in [-0.05, 0) is 60.7 Å². The Hall–Kier alpha value is -11.7. The lowest BCUT2D eigenvalue weighted by molar-refractivity contribution is 0.619. The summed E-state index contributed by atoms with van der Waals surface area (Å²) in [5.74, 6) is 1.97. The molecule has 6 heterocycles. The standard InChI is InChI=1S/C76H46N8O/c1-3-25-47(26-4-1)73-78-74(48-27-5-2-6-28-48)80-75(79-73)67-69(81-58-38-16-7-29-49(58)50-30-8-17-39-59(50)81)71(83-62-42-20-11-33-53(62)54-34-12-21-43-63(54)83)68(76-77-57-37-15-24-46-66(57)85-76)72(84-64-44-22-13-35-55(64)56-36-14-23-45-65(56)84)70(67)82-60-40-18-9-31-51(60)52-32-10-19-41-61(52)82/h1-46H. The zero-order valence-corrected chi connectivity index (χ0v) is 45.5. The van der Waals surface area contributed by atoms with E-state index in [1.165, 1.54) is 0 Å². The number of aromatic nitrogens is 8. The topological polar surface area (TPSA) is 84.4 Å². The molecule has 0 aliphatic rings. The molecule has 0 bridgehead atoms. The Balaban J connectivity index is 1.23. The molecular formula is C76H46N8O. The third-order valence-corrected chi connectivity index (χ3v) is 17.0. The van der Waals surface area contributed by atoms with Gasteiger partial charge in [-0.2, -0.15) is 0 Å². The van der Waals surface area contributed by atoms with Crippen molar-refractivity contribution >= 4 is 98.3 Å². The summed E-state index contributed by atoms with van der Waals surface area (Å²) < 4.78 is 17.3. The molecule has 0 radical (unpaired) electrons. The number of fused-ring (bicyclic) bond motifs is 13. The van der Waals surface area contributed by atoms with Crippen LogP contribution in [0.5, 0.6) is 0 Å². The molecule has 0 aliphatic carbocycles. The first-order valence-electron chi connectivity index (χ1n) is 28.6. The summed E-state index contributed by atoms with van der Waals surface area (Å²) in [5.41, 5.74) is 15.8. The van der Waals surface area contributed by atoms with Crippen LogP contribution in [0.3, 0.4) is 0 Å². The number of para-hydroxylation sites is 10. The van der Waals surface area contributed by atoms with Crippen LogP contribution in [-0.4, -0.2) is 38.2 Å². The number of hydrogen-bond acceptors (Lipinski definition) is 5. The first kappa shape index (κ1) is 47.0. The zero-order chi connectivity index (χ0) is 55.7. The molecule has 0 aliphatic heterocycles. The SMILES string of the molecule is c1ccc(-c2nc(-c3ccccc3)nc(-c3c(-n4c5ccccc5c5ccccc54)c(-n4c5ccccc5c5ccccc54)c(-c4nc5ccccc5o4)c(-n4c5ccccc5c5ccccc54)c3-n3c4ccccc4c4ccccc43)n2)cc1. The Labute approximate surface area is 485 Å². The summed E-state index contributed by atoms with van der Waals surface area (Å²) in [4.78, 5) is 22.9. The van der Waals surface area contributed by atoms with Crippen molar-refractivity contribution in [1.29, 1.82) is 0 Å². The molecule has 396 valence electrons. The second-order valence-electron chi connectivity index (χ2n) is 21.6. The van der Waals surface area contributed by atoms with Gasteiger partial charge in [-0.3, -0.25) is 0 Å². The Morgan fingerprint density at radius 3 is 0.800 bits per heavy atom. The van der Waals surface area contributed by atoms with E-state index >= 15 is 0 Å². The molecular weight excluding hydrogens is 1040 g/mol. The van der Waals surface area contributed by atoms with Gasteiger partial charge in [0.1, 0.15) is 5.52 Å². The van der Waals surface area contributed by atoms with Crippen LogP contribution in [0.1, 0.15) is 0 Å². The van der Waals surface area contributed by atoms with Gasteiger partial charge >= 0.3 is 0 Å². The number of hydrogen-bond donors (Lipinski definition) is 0. The number of nitrogens with zero attached hydrogens (tertiary/aromatic N) is 8. The van der Waals surface area contributed by atoms with E-state index in [0.29, 0.717) is 28.9 Å². The van der Waals surface area contributed by atoms with Crippen LogP contribution in [0.25, 0.3) is 167 Å². The molecule has 0 unspecified atom stereocenters. The first-order valence-corrected chi connectivity index (χ1v) is 28.6. The molecule has 0 atom stereocenters. The van der Waals surface area contributed by atoms with Crippen LogP contribution < -0.4 is 0 Å². The van der Waals surface area contributed by atoms with Crippen molar-refractivity contribution < 1.29 is 4.42 Å². The number of benzene rings is 12. The molecule has 18 aromatic rings. The van der Waals surface area contributed by atoms with Gasteiger partial charge in [-0.25, -0.2) is 19.9 Å². The smallest absolute Gasteiger partial charge is 0.231 e. The Bertz CT molecular complexity index is 5190. The van der Waals surface area contributed by atoms with Crippen molar-refractivity contribution in [1.82, 2.24) is 38.2 Å². The monoisotopic (exact) mass is 1090 g/mol. The molecule has 0 spiro atoms. The highest BCUT2D eigenvalue weighted by Gasteiger charge is 2.38. The maximum absolute atomic E-state index is 7.48. The highest BCUT2D eigenvalue weighted by molar-refractivity contribution is 6.18. The van der Waals surface area contributed by atoms with Gasteiger partial charge in [0.05, 0.1) is 78.0 Å². The summed E-state index contributed by atoms with van der Waals surface area (Å²) in [6, 6.07) is 98.7. The fourth-order valence-corrected chi connectivity index (χ4v) is 13.5. The highest BCUT2D eigenvalue weighted by Crippen LogP contribution is 2.54. The van der Waals surface area contributed by atoms with Crippen molar-refractivity contribution in [2.45, 2.75) is 0 Å². The van der Waals surface area contributed by atoms with Crippen molar-refractivity contribution in [3.63, 3.8) is 0 Å². The van der Waals surface area contributed by atoms with Gasteiger partial charge in [0.15, 0.2) is 23.1 Å². The first-order chi connectivity index (χ1) is 42.2. The molecule has 6 aromatic heterocycles. The number of rotatable bonds is 8. The zero-order valence-electron chi connectivity index (χ0n) is 45.5. The lowest BCUT2D eigenvalue weighted by Crippen LogP contribution is -2.17. The fraction of sp³-hybridized carbons (Fsp3) is 0. The van der Waals surface area contributed by atoms with Gasteiger partial charge in [0.2, 0.25) is 5.89 Å². The van der Waals surface area contributed by atoms with Gasteiger partial charge in [0, 0.05) is 54.2 Å². The summed E-state index contributed by atoms with van der Waals surface area (Å²) >= 11 is 0. The van der Waals surface area contributed by atoms with E-state index in [1.54, 1.807) is 0 Å². The van der Waals surface area contributed by atoms with E-state index in [0.717, 1.165) is 138 Å². The maximum atomic E-state index is 7.48. The van der Waals surface area contributed by atoms with Gasteiger partial charge in [-0.1, -0.05) is 218 Å². The van der Waals surface area contributed by atoms with Crippen molar-refractivity contribution in [3.05, 3.63) is 279 Å². The minimum absolute atomic E-state index is 0.441. The molecule has 9 heteroatoms. The second kappa shape index (κ2) is 18.4. The van der Waals surface area contributed by atoms with Crippen molar-refractivity contribution in [2.24, 2.45) is 0 Å².